The molecular formula is C12H15N3O2. The SMILES string of the molecule is COc1ccc(C(N)c2ncc[nH]2)cc1OC. The highest BCUT2D eigenvalue weighted by Crippen LogP contribution is 2.30. The van der Waals surface area contributed by atoms with Gasteiger partial charge in [-0.3, -0.25) is 0 Å². The fraction of sp³-hybridized carbons (Fsp3) is 0.250. The van der Waals surface area contributed by atoms with Crippen molar-refractivity contribution >= 4 is 0 Å². The van der Waals surface area contributed by atoms with E-state index in [0.717, 1.165) is 11.4 Å². The summed E-state index contributed by atoms with van der Waals surface area (Å²) < 4.78 is 10.4. The van der Waals surface area contributed by atoms with Crippen molar-refractivity contribution in [3.05, 3.63) is 42.0 Å². The fourth-order valence-electron chi connectivity index (χ4n) is 1.65. The van der Waals surface area contributed by atoms with Gasteiger partial charge in [-0.05, 0) is 17.7 Å². The summed E-state index contributed by atoms with van der Waals surface area (Å²) in [6.07, 6.45) is 3.42. The zero-order chi connectivity index (χ0) is 12.3. The van der Waals surface area contributed by atoms with Crippen LogP contribution in [-0.4, -0.2) is 24.2 Å². The Morgan fingerprint density at radius 1 is 1.24 bits per heavy atom. The summed E-state index contributed by atoms with van der Waals surface area (Å²) in [5.74, 6) is 2.06. The van der Waals surface area contributed by atoms with E-state index in [1.165, 1.54) is 0 Å². The van der Waals surface area contributed by atoms with Crippen molar-refractivity contribution in [1.29, 1.82) is 0 Å². The maximum atomic E-state index is 6.09. The van der Waals surface area contributed by atoms with Crippen molar-refractivity contribution < 1.29 is 9.47 Å². The van der Waals surface area contributed by atoms with Crippen LogP contribution in [0.5, 0.6) is 11.5 Å². The molecule has 0 spiro atoms. The third-order valence-electron chi connectivity index (χ3n) is 2.58. The minimum atomic E-state index is -0.301. The lowest BCUT2D eigenvalue weighted by atomic mass is 10.1. The second-order valence-corrected chi connectivity index (χ2v) is 3.57. The number of imidazole rings is 1. The summed E-state index contributed by atoms with van der Waals surface area (Å²) in [5.41, 5.74) is 7.00. The molecule has 1 unspecified atom stereocenters. The van der Waals surface area contributed by atoms with Crippen molar-refractivity contribution in [3.63, 3.8) is 0 Å². The monoisotopic (exact) mass is 233 g/mol. The Kier molecular flexibility index (Phi) is 3.30. The van der Waals surface area contributed by atoms with Gasteiger partial charge in [0.25, 0.3) is 0 Å². The lowest BCUT2D eigenvalue weighted by molar-refractivity contribution is 0.354. The Morgan fingerprint density at radius 2 is 2.00 bits per heavy atom. The Labute approximate surface area is 99.6 Å². The summed E-state index contributed by atoms with van der Waals surface area (Å²) in [6.45, 7) is 0. The van der Waals surface area contributed by atoms with Crippen LogP contribution in [0.2, 0.25) is 0 Å². The van der Waals surface area contributed by atoms with E-state index in [4.69, 9.17) is 15.2 Å². The molecule has 2 rings (SSSR count). The number of benzene rings is 1. The van der Waals surface area contributed by atoms with Gasteiger partial charge in [0.05, 0.1) is 20.3 Å². The number of hydrogen-bond donors (Lipinski definition) is 2. The highest BCUT2D eigenvalue weighted by molar-refractivity contribution is 5.44. The normalized spacial score (nSPS) is 12.2. The van der Waals surface area contributed by atoms with Gasteiger partial charge < -0.3 is 20.2 Å². The highest BCUT2D eigenvalue weighted by atomic mass is 16.5. The third-order valence-corrected chi connectivity index (χ3v) is 2.58. The first-order chi connectivity index (χ1) is 8.26. The maximum Gasteiger partial charge on any atom is 0.161 e. The smallest absolute Gasteiger partial charge is 0.161 e. The average Bonchev–Trinajstić information content (AvgIpc) is 2.90. The van der Waals surface area contributed by atoms with Crippen molar-refractivity contribution in [1.82, 2.24) is 9.97 Å². The summed E-state index contributed by atoms with van der Waals surface area (Å²) >= 11 is 0. The standard InChI is InChI=1S/C12H15N3O2/c1-16-9-4-3-8(7-10(9)17-2)11(13)12-14-5-6-15-12/h3-7,11H,13H2,1-2H3,(H,14,15). The molecule has 0 saturated carbocycles. The number of nitrogens with two attached hydrogens (primary N) is 1. The molecule has 0 aliphatic carbocycles. The first-order valence-electron chi connectivity index (χ1n) is 5.23. The topological polar surface area (TPSA) is 73.2 Å². The number of rotatable bonds is 4. The molecule has 1 atom stereocenters. The van der Waals surface area contributed by atoms with Gasteiger partial charge in [-0.1, -0.05) is 6.07 Å². The molecule has 1 aromatic heterocycles. The molecule has 2 aromatic rings. The summed E-state index contributed by atoms with van der Waals surface area (Å²) in [6, 6.07) is 5.28. The maximum absolute atomic E-state index is 6.09. The fourth-order valence-corrected chi connectivity index (χ4v) is 1.65. The lowest BCUT2D eigenvalue weighted by Crippen LogP contribution is -2.13. The molecule has 90 valence electrons. The average molecular weight is 233 g/mol. The van der Waals surface area contributed by atoms with Gasteiger partial charge in [0.15, 0.2) is 11.5 Å². The molecule has 5 heteroatoms. The number of methoxy groups -OCH3 is 2. The van der Waals surface area contributed by atoms with Gasteiger partial charge >= 0.3 is 0 Å². The summed E-state index contributed by atoms with van der Waals surface area (Å²) in [7, 11) is 3.20. The second kappa shape index (κ2) is 4.88. The molecule has 17 heavy (non-hydrogen) atoms. The van der Waals surface area contributed by atoms with Crippen LogP contribution in [0.15, 0.2) is 30.6 Å². The minimum Gasteiger partial charge on any atom is -0.493 e. The third kappa shape index (κ3) is 2.24. The molecule has 1 heterocycles. The molecule has 5 nitrogen and oxygen atoms in total. The Hall–Kier alpha value is -2.01. The van der Waals surface area contributed by atoms with Crippen LogP contribution in [-0.2, 0) is 0 Å². The van der Waals surface area contributed by atoms with Crippen LogP contribution in [0.1, 0.15) is 17.4 Å². The van der Waals surface area contributed by atoms with Crippen LogP contribution in [0.4, 0.5) is 0 Å². The Morgan fingerprint density at radius 3 is 2.59 bits per heavy atom. The van der Waals surface area contributed by atoms with E-state index in [0.29, 0.717) is 11.5 Å². The van der Waals surface area contributed by atoms with E-state index in [1.54, 1.807) is 26.6 Å². The molecule has 0 radical (unpaired) electrons. The van der Waals surface area contributed by atoms with Crippen LogP contribution >= 0.6 is 0 Å². The predicted octanol–water partition coefficient (Wildman–Crippen LogP) is 1.48. The molecule has 0 amide bonds. The van der Waals surface area contributed by atoms with Gasteiger partial charge in [-0.25, -0.2) is 4.98 Å². The molecular weight excluding hydrogens is 218 g/mol. The van der Waals surface area contributed by atoms with Crippen LogP contribution < -0.4 is 15.2 Å². The predicted molar refractivity (Wildman–Crippen MR) is 64.2 cm³/mol. The summed E-state index contributed by atoms with van der Waals surface area (Å²) in [4.78, 5) is 7.13. The number of H-pyrrole nitrogens is 1. The van der Waals surface area contributed by atoms with Crippen molar-refractivity contribution in [3.8, 4) is 11.5 Å². The molecule has 3 N–H and O–H groups in total. The number of ether oxygens (including phenoxy) is 2. The van der Waals surface area contributed by atoms with Crippen molar-refractivity contribution in [2.45, 2.75) is 6.04 Å². The van der Waals surface area contributed by atoms with Gasteiger partial charge in [-0.2, -0.15) is 0 Å². The Balaban J connectivity index is 2.33. The van der Waals surface area contributed by atoms with Gasteiger partial charge in [0.1, 0.15) is 5.82 Å². The molecule has 0 fully saturated rings. The highest BCUT2D eigenvalue weighted by Gasteiger charge is 2.13. The van der Waals surface area contributed by atoms with Gasteiger partial charge in [0.2, 0.25) is 0 Å². The number of aromatic nitrogens is 2. The first-order valence-corrected chi connectivity index (χ1v) is 5.23. The largest absolute Gasteiger partial charge is 0.493 e. The zero-order valence-electron chi connectivity index (χ0n) is 9.81. The van der Waals surface area contributed by atoms with E-state index in [2.05, 4.69) is 9.97 Å². The number of hydrogen-bond acceptors (Lipinski definition) is 4. The van der Waals surface area contributed by atoms with Crippen LogP contribution in [0.25, 0.3) is 0 Å². The van der Waals surface area contributed by atoms with Crippen LogP contribution in [0, 0.1) is 0 Å². The van der Waals surface area contributed by atoms with Gasteiger partial charge in [0, 0.05) is 12.4 Å². The van der Waals surface area contributed by atoms with E-state index in [9.17, 15) is 0 Å². The summed E-state index contributed by atoms with van der Waals surface area (Å²) in [5, 5.41) is 0. The second-order valence-electron chi connectivity index (χ2n) is 3.57. The van der Waals surface area contributed by atoms with Crippen molar-refractivity contribution in [2.75, 3.05) is 14.2 Å². The minimum absolute atomic E-state index is 0.301. The molecule has 0 saturated heterocycles. The molecule has 0 aliphatic rings. The lowest BCUT2D eigenvalue weighted by Gasteiger charge is -2.13. The van der Waals surface area contributed by atoms with Gasteiger partial charge in [-0.15, -0.1) is 0 Å². The zero-order valence-corrected chi connectivity index (χ0v) is 9.81. The number of nitrogens with one attached hydrogen (secondary N) is 1. The quantitative estimate of drug-likeness (QED) is 0.838. The first kappa shape index (κ1) is 11.5. The van der Waals surface area contributed by atoms with E-state index < -0.39 is 0 Å². The van der Waals surface area contributed by atoms with E-state index >= 15 is 0 Å². The van der Waals surface area contributed by atoms with Crippen LogP contribution in [0.3, 0.4) is 0 Å². The van der Waals surface area contributed by atoms with E-state index in [-0.39, 0.29) is 6.04 Å². The van der Waals surface area contributed by atoms with Crippen molar-refractivity contribution in [2.24, 2.45) is 5.73 Å². The molecule has 1 aromatic carbocycles. The molecule has 0 bridgehead atoms. The Bertz CT molecular complexity index is 483. The number of nitrogens with zero attached hydrogens (tertiary/aromatic N) is 1. The van der Waals surface area contributed by atoms with E-state index in [1.807, 2.05) is 18.2 Å². The molecule has 0 aliphatic heterocycles. The number of aromatic amines is 1.